The van der Waals surface area contributed by atoms with E-state index in [9.17, 15) is 19.7 Å². The van der Waals surface area contributed by atoms with Gasteiger partial charge in [0.15, 0.2) is 0 Å². The standard InChI is InChI=1S/C16H23N5O4/c1-17-15(22)11-18(2)12-16(23)20-9-7-19(8-10-20)13-5-3-4-6-14(13)21(24)25/h3-6H,7-12H2,1-2H3,(H,17,22). The molecule has 2 amide bonds. The number of rotatable bonds is 6. The summed E-state index contributed by atoms with van der Waals surface area (Å²) < 4.78 is 0. The van der Waals surface area contributed by atoms with E-state index in [1.54, 1.807) is 42.1 Å². The van der Waals surface area contributed by atoms with Crippen molar-refractivity contribution in [2.24, 2.45) is 0 Å². The summed E-state index contributed by atoms with van der Waals surface area (Å²) in [6.07, 6.45) is 0. The van der Waals surface area contributed by atoms with Gasteiger partial charge in [-0.05, 0) is 13.1 Å². The van der Waals surface area contributed by atoms with Crippen LogP contribution in [0.15, 0.2) is 24.3 Å². The minimum atomic E-state index is -0.388. The van der Waals surface area contributed by atoms with Crippen molar-refractivity contribution in [3.63, 3.8) is 0 Å². The van der Waals surface area contributed by atoms with Crippen LogP contribution in [0.2, 0.25) is 0 Å². The molecule has 1 aliphatic rings. The number of para-hydroxylation sites is 2. The van der Waals surface area contributed by atoms with Gasteiger partial charge in [0.1, 0.15) is 5.69 Å². The normalized spacial score (nSPS) is 14.5. The molecule has 0 radical (unpaired) electrons. The number of benzene rings is 1. The lowest BCUT2D eigenvalue weighted by molar-refractivity contribution is -0.384. The van der Waals surface area contributed by atoms with Crippen LogP contribution < -0.4 is 10.2 Å². The van der Waals surface area contributed by atoms with Crippen molar-refractivity contribution in [2.75, 3.05) is 58.3 Å². The summed E-state index contributed by atoms with van der Waals surface area (Å²) in [6.45, 7) is 2.40. The molecule has 0 unspecified atom stereocenters. The summed E-state index contributed by atoms with van der Waals surface area (Å²) in [7, 11) is 3.27. The fraction of sp³-hybridized carbons (Fsp3) is 0.500. The molecule has 1 fully saturated rings. The predicted octanol–water partition coefficient (Wildman–Crippen LogP) is -0.0788. The van der Waals surface area contributed by atoms with Crippen molar-refractivity contribution >= 4 is 23.2 Å². The minimum absolute atomic E-state index is 0.0476. The van der Waals surface area contributed by atoms with Gasteiger partial charge >= 0.3 is 0 Å². The van der Waals surface area contributed by atoms with Crippen LogP contribution in [-0.4, -0.2) is 79.9 Å². The first-order chi connectivity index (χ1) is 11.9. The molecule has 0 saturated carbocycles. The molecule has 1 saturated heterocycles. The van der Waals surface area contributed by atoms with Crippen molar-refractivity contribution < 1.29 is 14.5 Å². The number of nitrogens with zero attached hydrogens (tertiary/aromatic N) is 4. The SMILES string of the molecule is CNC(=O)CN(C)CC(=O)N1CCN(c2ccccc2[N+](=O)[O-])CC1. The van der Waals surface area contributed by atoms with Gasteiger partial charge in [0, 0.05) is 39.3 Å². The number of carbonyl (C=O) groups is 2. The Hall–Kier alpha value is -2.68. The highest BCUT2D eigenvalue weighted by Gasteiger charge is 2.25. The number of anilines is 1. The maximum Gasteiger partial charge on any atom is 0.292 e. The highest BCUT2D eigenvalue weighted by atomic mass is 16.6. The lowest BCUT2D eigenvalue weighted by Crippen LogP contribution is -2.51. The Kier molecular flexibility index (Phi) is 6.29. The molecule has 1 N–H and O–H groups in total. The third-order valence-corrected chi connectivity index (χ3v) is 4.15. The molecule has 0 aliphatic carbocycles. The number of piperazine rings is 1. The molecule has 0 spiro atoms. The van der Waals surface area contributed by atoms with E-state index in [2.05, 4.69) is 5.32 Å². The molecule has 0 bridgehead atoms. The Morgan fingerprint density at radius 3 is 2.44 bits per heavy atom. The Labute approximate surface area is 146 Å². The summed E-state index contributed by atoms with van der Waals surface area (Å²) in [6, 6.07) is 6.63. The molecule has 25 heavy (non-hydrogen) atoms. The van der Waals surface area contributed by atoms with Crippen molar-refractivity contribution in [1.29, 1.82) is 0 Å². The Balaban J connectivity index is 1.90. The van der Waals surface area contributed by atoms with Crippen molar-refractivity contribution in [2.45, 2.75) is 0 Å². The molecule has 1 aromatic carbocycles. The van der Waals surface area contributed by atoms with E-state index >= 15 is 0 Å². The number of hydrogen-bond donors (Lipinski definition) is 1. The summed E-state index contributed by atoms with van der Waals surface area (Å²) >= 11 is 0. The third kappa shape index (κ3) is 4.90. The lowest BCUT2D eigenvalue weighted by atomic mass is 10.2. The summed E-state index contributed by atoms with van der Waals surface area (Å²) in [4.78, 5) is 39.7. The van der Waals surface area contributed by atoms with Crippen LogP contribution in [0.4, 0.5) is 11.4 Å². The van der Waals surface area contributed by atoms with Crippen molar-refractivity contribution in [3.8, 4) is 0 Å². The van der Waals surface area contributed by atoms with Gasteiger partial charge in [0.05, 0.1) is 18.0 Å². The quantitative estimate of drug-likeness (QED) is 0.570. The molecule has 0 atom stereocenters. The lowest BCUT2D eigenvalue weighted by Gasteiger charge is -2.36. The molecule has 1 aromatic rings. The van der Waals surface area contributed by atoms with Crippen molar-refractivity contribution in [1.82, 2.24) is 15.1 Å². The van der Waals surface area contributed by atoms with Gasteiger partial charge in [-0.2, -0.15) is 0 Å². The fourth-order valence-electron chi connectivity index (χ4n) is 2.79. The first-order valence-corrected chi connectivity index (χ1v) is 8.07. The average molecular weight is 349 g/mol. The second kappa shape index (κ2) is 8.43. The molecule has 9 nitrogen and oxygen atoms in total. The van der Waals surface area contributed by atoms with Gasteiger partial charge < -0.3 is 15.1 Å². The van der Waals surface area contributed by atoms with Crippen LogP contribution in [-0.2, 0) is 9.59 Å². The Morgan fingerprint density at radius 2 is 1.84 bits per heavy atom. The number of nitrogens with one attached hydrogen (secondary N) is 1. The molecular formula is C16H23N5O4. The zero-order valence-corrected chi connectivity index (χ0v) is 14.5. The van der Waals surface area contributed by atoms with E-state index in [-0.39, 0.29) is 35.5 Å². The molecule has 1 aliphatic heterocycles. The first-order valence-electron chi connectivity index (χ1n) is 8.07. The van der Waals surface area contributed by atoms with Gasteiger partial charge in [0.25, 0.3) is 5.69 Å². The zero-order valence-electron chi connectivity index (χ0n) is 14.5. The van der Waals surface area contributed by atoms with Gasteiger partial charge in [-0.3, -0.25) is 24.6 Å². The van der Waals surface area contributed by atoms with Crippen LogP contribution in [0.3, 0.4) is 0 Å². The molecule has 0 aromatic heterocycles. The van der Waals surface area contributed by atoms with Crippen molar-refractivity contribution in [3.05, 3.63) is 34.4 Å². The van der Waals surface area contributed by atoms with Gasteiger partial charge in [-0.25, -0.2) is 0 Å². The number of likely N-dealkylation sites (N-methyl/N-ethyl adjacent to an activating group) is 2. The second-order valence-corrected chi connectivity index (χ2v) is 5.96. The summed E-state index contributed by atoms with van der Waals surface area (Å²) in [5.74, 6) is -0.190. The predicted molar refractivity (Wildman–Crippen MR) is 93.5 cm³/mol. The number of amides is 2. The first kappa shape index (κ1) is 18.7. The van der Waals surface area contributed by atoms with Crippen LogP contribution in [0.1, 0.15) is 0 Å². The largest absolute Gasteiger partial charge is 0.362 e. The number of hydrogen-bond acceptors (Lipinski definition) is 6. The van der Waals surface area contributed by atoms with E-state index < -0.39 is 0 Å². The summed E-state index contributed by atoms with van der Waals surface area (Å²) in [5.41, 5.74) is 0.656. The van der Waals surface area contributed by atoms with Crippen LogP contribution in [0.5, 0.6) is 0 Å². The Bertz CT molecular complexity index is 643. The molecule has 2 rings (SSSR count). The minimum Gasteiger partial charge on any atom is -0.362 e. The second-order valence-electron chi connectivity index (χ2n) is 5.96. The number of nitro groups is 1. The van der Waals surface area contributed by atoms with E-state index in [4.69, 9.17) is 0 Å². The Morgan fingerprint density at radius 1 is 1.20 bits per heavy atom. The smallest absolute Gasteiger partial charge is 0.292 e. The van der Waals surface area contributed by atoms with Crippen LogP contribution >= 0.6 is 0 Å². The molecule has 1 heterocycles. The van der Waals surface area contributed by atoms with Crippen LogP contribution in [0, 0.1) is 10.1 Å². The zero-order chi connectivity index (χ0) is 18.4. The molecule has 9 heteroatoms. The highest BCUT2D eigenvalue weighted by molar-refractivity contribution is 5.81. The van der Waals surface area contributed by atoms with E-state index in [0.29, 0.717) is 31.9 Å². The highest BCUT2D eigenvalue weighted by Crippen LogP contribution is 2.28. The van der Waals surface area contributed by atoms with Crippen LogP contribution in [0.25, 0.3) is 0 Å². The monoisotopic (exact) mass is 349 g/mol. The maximum atomic E-state index is 12.3. The van der Waals surface area contributed by atoms with E-state index in [1.165, 1.54) is 6.07 Å². The number of carbonyl (C=O) groups excluding carboxylic acids is 2. The average Bonchev–Trinajstić information content (AvgIpc) is 2.61. The van der Waals surface area contributed by atoms with E-state index in [1.807, 2.05) is 4.90 Å². The van der Waals surface area contributed by atoms with Gasteiger partial charge in [-0.1, -0.05) is 12.1 Å². The maximum absolute atomic E-state index is 12.3. The van der Waals surface area contributed by atoms with E-state index in [0.717, 1.165) is 0 Å². The third-order valence-electron chi connectivity index (χ3n) is 4.15. The molecule has 136 valence electrons. The number of nitro benzene ring substituents is 1. The summed E-state index contributed by atoms with van der Waals surface area (Å²) in [5, 5.41) is 13.7. The van der Waals surface area contributed by atoms with Gasteiger partial charge in [0.2, 0.25) is 11.8 Å². The topological polar surface area (TPSA) is 99.0 Å². The van der Waals surface area contributed by atoms with Gasteiger partial charge in [-0.15, -0.1) is 0 Å². The molecular weight excluding hydrogens is 326 g/mol. The fourth-order valence-corrected chi connectivity index (χ4v) is 2.79.